The standard InChI is InChI=1S/C16H21N/c1-3-5-9-14-13(4-2)12-17-16-11-8-6-7-10-15(14)16/h3,5,7-11,13-14,17H,1,4,6,12H2,2H3/b9-5-. The topological polar surface area (TPSA) is 12.0 Å². The summed E-state index contributed by atoms with van der Waals surface area (Å²) in [4.78, 5) is 0. The van der Waals surface area contributed by atoms with Gasteiger partial charge in [0.25, 0.3) is 0 Å². The molecule has 2 rings (SSSR count). The first kappa shape index (κ1) is 12.0. The number of hydrogen-bond acceptors (Lipinski definition) is 1. The van der Waals surface area contributed by atoms with E-state index in [1.165, 1.54) is 17.7 Å². The van der Waals surface area contributed by atoms with Gasteiger partial charge >= 0.3 is 0 Å². The maximum absolute atomic E-state index is 3.77. The summed E-state index contributed by atoms with van der Waals surface area (Å²) in [6, 6.07) is 0. The fourth-order valence-corrected chi connectivity index (χ4v) is 2.58. The van der Waals surface area contributed by atoms with Crippen LogP contribution in [0, 0.1) is 11.8 Å². The van der Waals surface area contributed by atoms with Gasteiger partial charge in [-0.25, -0.2) is 0 Å². The minimum absolute atomic E-state index is 0.522. The number of allylic oxidation sites excluding steroid dienone is 8. The highest BCUT2D eigenvalue weighted by molar-refractivity contribution is 5.41. The van der Waals surface area contributed by atoms with Gasteiger partial charge < -0.3 is 5.32 Å². The van der Waals surface area contributed by atoms with Crippen molar-refractivity contribution in [1.29, 1.82) is 0 Å². The van der Waals surface area contributed by atoms with Crippen LogP contribution in [0.3, 0.4) is 0 Å². The molecule has 0 saturated carbocycles. The molecule has 1 heterocycles. The van der Waals surface area contributed by atoms with Crippen LogP contribution < -0.4 is 5.32 Å². The molecular weight excluding hydrogens is 206 g/mol. The van der Waals surface area contributed by atoms with E-state index in [-0.39, 0.29) is 0 Å². The molecule has 0 bridgehead atoms. The zero-order valence-electron chi connectivity index (χ0n) is 10.5. The lowest BCUT2D eigenvalue weighted by Gasteiger charge is -2.32. The van der Waals surface area contributed by atoms with Crippen LogP contribution in [0.5, 0.6) is 0 Å². The van der Waals surface area contributed by atoms with Gasteiger partial charge in [0, 0.05) is 18.2 Å². The molecule has 0 saturated heterocycles. The van der Waals surface area contributed by atoms with E-state index in [9.17, 15) is 0 Å². The molecule has 0 radical (unpaired) electrons. The third kappa shape index (κ3) is 2.60. The predicted molar refractivity (Wildman–Crippen MR) is 74.5 cm³/mol. The van der Waals surface area contributed by atoms with Gasteiger partial charge in [0.2, 0.25) is 0 Å². The molecule has 0 aromatic heterocycles. The normalized spacial score (nSPS) is 27.8. The van der Waals surface area contributed by atoms with Crippen LogP contribution in [0.4, 0.5) is 0 Å². The molecule has 1 nitrogen and oxygen atoms in total. The number of rotatable bonds is 3. The molecule has 0 spiro atoms. The van der Waals surface area contributed by atoms with E-state index in [2.05, 4.69) is 55.3 Å². The summed E-state index contributed by atoms with van der Waals surface area (Å²) in [7, 11) is 0. The minimum Gasteiger partial charge on any atom is -0.385 e. The summed E-state index contributed by atoms with van der Waals surface area (Å²) in [6.07, 6.45) is 17.4. The molecule has 0 aromatic rings. The first-order valence-corrected chi connectivity index (χ1v) is 6.47. The van der Waals surface area contributed by atoms with E-state index in [1.54, 1.807) is 0 Å². The average molecular weight is 227 g/mol. The highest BCUT2D eigenvalue weighted by Gasteiger charge is 2.26. The van der Waals surface area contributed by atoms with Crippen molar-refractivity contribution in [2.24, 2.45) is 11.8 Å². The summed E-state index contributed by atoms with van der Waals surface area (Å²) in [5, 5.41) is 3.55. The SMILES string of the molecule is C=C/C=C\C1C2=C(C=CCC=C2)NCC1CC. The van der Waals surface area contributed by atoms with Crippen molar-refractivity contribution in [3.8, 4) is 0 Å². The third-order valence-corrected chi connectivity index (χ3v) is 3.57. The maximum atomic E-state index is 3.77. The lowest BCUT2D eigenvalue weighted by molar-refractivity contribution is 0.390. The molecular formula is C16H21N. The Balaban J connectivity index is 2.35. The molecule has 1 N–H and O–H groups in total. The Labute approximate surface area is 104 Å². The van der Waals surface area contributed by atoms with Gasteiger partial charge in [-0.05, 0) is 24.0 Å². The molecule has 0 aromatic carbocycles. The molecule has 1 heteroatoms. The molecule has 1 aliphatic heterocycles. The van der Waals surface area contributed by atoms with Crippen LogP contribution in [0.25, 0.3) is 0 Å². The van der Waals surface area contributed by atoms with Crippen molar-refractivity contribution in [1.82, 2.24) is 5.32 Å². The van der Waals surface area contributed by atoms with Gasteiger partial charge in [0.05, 0.1) is 0 Å². The second-order valence-corrected chi connectivity index (χ2v) is 4.61. The van der Waals surface area contributed by atoms with Gasteiger partial charge in [-0.15, -0.1) is 0 Å². The highest BCUT2D eigenvalue weighted by Crippen LogP contribution is 2.32. The first-order chi connectivity index (χ1) is 8.36. The Bertz CT molecular complexity index is 396. The smallest absolute Gasteiger partial charge is 0.0375 e. The van der Waals surface area contributed by atoms with Crippen LogP contribution in [0.2, 0.25) is 0 Å². The summed E-state index contributed by atoms with van der Waals surface area (Å²) in [5.41, 5.74) is 2.72. The van der Waals surface area contributed by atoms with E-state index in [0.29, 0.717) is 11.8 Å². The van der Waals surface area contributed by atoms with E-state index < -0.39 is 0 Å². The molecule has 2 unspecified atom stereocenters. The lowest BCUT2D eigenvalue weighted by atomic mass is 9.80. The Hall–Kier alpha value is -1.50. The largest absolute Gasteiger partial charge is 0.385 e. The van der Waals surface area contributed by atoms with Crippen LogP contribution in [0.15, 0.2) is 60.4 Å². The van der Waals surface area contributed by atoms with Crippen molar-refractivity contribution in [2.75, 3.05) is 6.54 Å². The second kappa shape index (κ2) is 5.72. The van der Waals surface area contributed by atoms with Gasteiger partial charge in [-0.1, -0.05) is 56.4 Å². The minimum atomic E-state index is 0.522. The van der Waals surface area contributed by atoms with E-state index in [4.69, 9.17) is 0 Å². The molecule has 17 heavy (non-hydrogen) atoms. The first-order valence-electron chi connectivity index (χ1n) is 6.47. The van der Waals surface area contributed by atoms with E-state index in [1.807, 2.05) is 6.08 Å². The van der Waals surface area contributed by atoms with Gasteiger partial charge in [0.15, 0.2) is 0 Å². The van der Waals surface area contributed by atoms with Crippen molar-refractivity contribution >= 4 is 0 Å². The van der Waals surface area contributed by atoms with Gasteiger partial charge in [0.1, 0.15) is 0 Å². The summed E-state index contributed by atoms with van der Waals surface area (Å²) < 4.78 is 0. The van der Waals surface area contributed by atoms with Crippen molar-refractivity contribution in [3.05, 3.63) is 60.4 Å². The fourth-order valence-electron chi connectivity index (χ4n) is 2.58. The number of nitrogens with one attached hydrogen (secondary N) is 1. The van der Waals surface area contributed by atoms with Crippen molar-refractivity contribution in [3.63, 3.8) is 0 Å². The Kier molecular flexibility index (Phi) is 4.03. The van der Waals surface area contributed by atoms with Crippen molar-refractivity contribution in [2.45, 2.75) is 19.8 Å². The molecule has 2 atom stereocenters. The fraction of sp³-hybridized carbons (Fsp3) is 0.375. The summed E-state index contributed by atoms with van der Waals surface area (Å²) in [6.45, 7) is 7.10. The maximum Gasteiger partial charge on any atom is 0.0375 e. The lowest BCUT2D eigenvalue weighted by Crippen LogP contribution is -2.34. The predicted octanol–water partition coefficient (Wildman–Crippen LogP) is 3.74. The average Bonchev–Trinajstić information content (AvgIpc) is 2.60. The molecule has 2 aliphatic rings. The molecule has 0 amide bonds. The zero-order chi connectivity index (χ0) is 12.1. The number of hydrogen-bond donors (Lipinski definition) is 1. The summed E-state index contributed by atoms with van der Waals surface area (Å²) in [5.74, 6) is 1.20. The Morgan fingerprint density at radius 1 is 1.41 bits per heavy atom. The van der Waals surface area contributed by atoms with Gasteiger partial charge in [-0.2, -0.15) is 0 Å². The third-order valence-electron chi connectivity index (χ3n) is 3.57. The molecule has 0 fully saturated rings. The van der Waals surface area contributed by atoms with E-state index in [0.717, 1.165) is 13.0 Å². The monoisotopic (exact) mass is 227 g/mol. The highest BCUT2D eigenvalue weighted by atomic mass is 14.9. The molecule has 90 valence electrons. The van der Waals surface area contributed by atoms with Crippen molar-refractivity contribution < 1.29 is 0 Å². The summed E-state index contributed by atoms with van der Waals surface area (Å²) >= 11 is 0. The Morgan fingerprint density at radius 3 is 3.00 bits per heavy atom. The van der Waals surface area contributed by atoms with Crippen LogP contribution in [-0.4, -0.2) is 6.54 Å². The molecule has 1 aliphatic carbocycles. The Morgan fingerprint density at radius 2 is 2.24 bits per heavy atom. The van der Waals surface area contributed by atoms with Crippen LogP contribution in [-0.2, 0) is 0 Å². The van der Waals surface area contributed by atoms with Crippen LogP contribution >= 0.6 is 0 Å². The van der Waals surface area contributed by atoms with Gasteiger partial charge in [-0.3, -0.25) is 0 Å². The van der Waals surface area contributed by atoms with Crippen LogP contribution in [0.1, 0.15) is 19.8 Å². The second-order valence-electron chi connectivity index (χ2n) is 4.61. The van der Waals surface area contributed by atoms with E-state index >= 15 is 0 Å². The quantitative estimate of drug-likeness (QED) is 0.724. The zero-order valence-corrected chi connectivity index (χ0v) is 10.5.